The van der Waals surface area contributed by atoms with Crippen molar-refractivity contribution in [1.82, 2.24) is 30.1 Å². The first kappa shape index (κ1) is 16.4. The van der Waals surface area contributed by atoms with E-state index in [0.717, 1.165) is 17.0 Å². The number of amides is 1. The van der Waals surface area contributed by atoms with Gasteiger partial charge >= 0.3 is 0 Å². The number of hydrogen-bond donors (Lipinski definition) is 1. The molecule has 0 spiro atoms. The molecule has 0 atom stereocenters. The number of fused-ring (bicyclic) bond motifs is 1. The van der Waals surface area contributed by atoms with Crippen LogP contribution in [0.2, 0.25) is 0 Å². The highest BCUT2D eigenvalue weighted by Gasteiger charge is 2.11. The Labute approximate surface area is 152 Å². The van der Waals surface area contributed by atoms with Crippen molar-refractivity contribution in [2.45, 2.75) is 19.3 Å². The van der Waals surface area contributed by atoms with E-state index in [-0.39, 0.29) is 5.91 Å². The molecule has 4 rings (SSSR count). The van der Waals surface area contributed by atoms with Crippen molar-refractivity contribution < 1.29 is 9.32 Å². The molecule has 4 aromatic rings. The van der Waals surface area contributed by atoms with Gasteiger partial charge in [0.2, 0.25) is 17.6 Å². The number of carbonyl (C=O) groups excluding carboxylic acids is 1. The van der Waals surface area contributed by atoms with Crippen LogP contribution in [0, 0.1) is 0 Å². The summed E-state index contributed by atoms with van der Waals surface area (Å²) < 4.78 is 7.11. The third-order valence-electron chi connectivity index (χ3n) is 3.87. The largest absolute Gasteiger partial charge is 0.356 e. The smallest absolute Gasteiger partial charge is 0.227 e. The number of nitrogens with zero attached hydrogens (tertiary/aromatic N) is 5. The van der Waals surface area contributed by atoms with Crippen molar-refractivity contribution in [3.8, 4) is 11.4 Å². The SMILES string of the molecule is O=C(CCc1nc(-c2ccsc2)no1)NCCc1nnc2ccccn12. The summed E-state index contributed by atoms with van der Waals surface area (Å²) >= 11 is 1.57. The molecule has 9 heteroatoms. The van der Waals surface area contributed by atoms with E-state index in [1.165, 1.54) is 0 Å². The number of aryl methyl sites for hydroxylation is 1. The zero-order chi connectivity index (χ0) is 17.8. The van der Waals surface area contributed by atoms with Crippen LogP contribution < -0.4 is 5.32 Å². The van der Waals surface area contributed by atoms with Crippen LogP contribution in [0.15, 0.2) is 45.7 Å². The fraction of sp³-hybridized carbons (Fsp3) is 0.235. The van der Waals surface area contributed by atoms with Gasteiger partial charge in [0.15, 0.2) is 5.65 Å². The zero-order valence-corrected chi connectivity index (χ0v) is 14.6. The average Bonchev–Trinajstić information content (AvgIpc) is 3.40. The van der Waals surface area contributed by atoms with Crippen LogP contribution in [0.5, 0.6) is 0 Å². The monoisotopic (exact) mass is 368 g/mol. The van der Waals surface area contributed by atoms with Gasteiger partial charge in [-0.2, -0.15) is 16.3 Å². The first-order chi connectivity index (χ1) is 12.8. The van der Waals surface area contributed by atoms with Crippen molar-refractivity contribution in [2.24, 2.45) is 0 Å². The van der Waals surface area contributed by atoms with E-state index in [2.05, 4.69) is 25.7 Å². The highest BCUT2D eigenvalue weighted by Crippen LogP contribution is 2.18. The number of rotatable bonds is 7. The topological polar surface area (TPSA) is 98.2 Å². The Morgan fingerprint density at radius 1 is 1.23 bits per heavy atom. The van der Waals surface area contributed by atoms with Crippen molar-refractivity contribution in [3.63, 3.8) is 0 Å². The Bertz CT molecular complexity index is 1010. The lowest BCUT2D eigenvalue weighted by atomic mass is 10.3. The lowest BCUT2D eigenvalue weighted by molar-refractivity contribution is -0.121. The van der Waals surface area contributed by atoms with Gasteiger partial charge in [0.25, 0.3) is 0 Å². The molecule has 4 heterocycles. The Morgan fingerprint density at radius 3 is 3.08 bits per heavy atom. The van der Waals surface area contributed by atoms with Gasteiger partial charge in [-0.1, -0.05) is 11.2 Å². The molecule has 0 aliphatic rings. The second kappa shape index (κ2) is 7.44. The molecule has 1 amide bonds. The van der Waals surface area contributed by atoms with Crippen LogP contribution in [0.3, 0.4) is 0 Å². The highest BCUT2D eigenvalue weighted by molar-refractivity contribution is 7.08. The number of nitrogens with one attached hydrogen (secondary N) is 1. The molecule has 0 aromatic carbocycles. The summed E-state index contributed by atoms with van der Waals surface area (Å²) in [5.41, 5.74) is 1.72. The molecular weight excluding hydrogens is 352 g/mol. The molecule has 8 nitrogen and oxygen atoms in total. The molecule has 1 N–H and O–H groups in total. The van der Waals surface area contributed by atoms with E-state index in [0.29, 0.717) is 37.5 Å². The van der Waals surface area contributed by atoms with Gasteiger partial charge in [0, 0.05) is 42.9 Å². The Kier molecular flexibility index (Phi) is 4.69. The van der Waals surface area contributed by atoms with Crippen LogP contribution in [0.4, 0.5) is 0 Å². The number of aromatic nitrogens is 5. The molecule has 0 saturated carbocycles. The van der Waals surface area contributed by atoms with Gasteiger partial charge in [0.1, 0.15) is 5.82 Å². The minimum atomic E-state index is -0.0610. The lowest BCUT2D eigenvalue weighted by Crippen LogP contribution is -2.26. The Morgan fingerprint density at radius 2 is 2.19 bits per heavy atom. The van der Waals surface area contributed by atoms with E-state index in [9.17, 15) is 4.79 Å². The molecule has 0 aliphatic carbocycles. The predicted molar refractivity (Wildman–Crippen MR) is 95.6 cm³/mol. The second-order valence-corrected chi connectivity index (χ2v) is 6.45. The summed E-state index contributed by atoms with van der Waals surface area (Å²) in [5.74, 6) is 1.78. The van der Waals surface area contributed by atoms with Crippen LogP contribution >= 0.6 is 11.3 Å². The minimum Gasteiger partial charge on any atom is -0.356 e. The van der Waals surface area contributed by atoms with Crippen LogP contribution in [-0.2, 0) is 17.6 Å². The van der Waals surface area contributed by atoms with Gasteiger partial charge in [-0.05, 0) is 23.6 Å². The molecule has 0 fully saturated rings. The van der Waals surface area contributed by atoms with Gasteiger partial charge < -0.3 is 9.84 Å². The lowest BCUT2D eigenvalue weighted by Gasteiger charge is -2.03. The third-order valence-corrected chi connectivity index (χ3v) is 4.55. The number of hydrogen-bond acceptors (Lipinski definition) is 7. The Balaban J connectivity index is 1.24. The van der Waals surface area contributed by atoms with E-state index >= 15 is 0 Å². The van der Waals surface area contributed by atoms with Crippen molar-refractivity contribution in [1.29, 1.82) is 0 Å². The minimum absolute atomic E-state index is 0.0610. The quantitative estimate of drug-likeness (QED) is 0.537. The van der Waals surface area contributed by atoms with Gasteiger partial charge in [0.05, 0.1) is 0 Å². The van der Waals surface area contributed by atoms with Crippen molar-refractivity contribution >= 4 is 22.9 Å². The predicted octanol–water partition coefficient (Wildman–Crippen LogP) is 2.13. The van der Waals surface area contributed by atoms with Crippen LogP contribution in [0.1, 0.15) is 18.1 Å². The van der Waals surface area contributed by atoms with Crippen LogP contribution in [-0.4, -0.2) is 37.2 Å². The summed E-state index contributed by atoms with van der Waals surface area (Å²) in [7, 11) is 0. The van der Waals surface area contributed by atoms with E-state index in [4.69, 9.17) is 4.52 Å². The van der Waals surface area contributed by atoms with Crippen molar-refractivity contribution in [3.05, 3.63) is 52.9 Å². The molecule has 4 aromatic heterocycles. The van der Waals surface area contributed by atoms with Gasteiger partial charge in [-0.3, -0.25) is 9.20 Å². The molecule has 132 valence electrons. The molecule has 0 saturated heterocycles. The maximum Gasteiger partial charge on any atom is 0.227 e. The van der Waals surface area contributed by atoms with Crippen molar-refractivity contribution in [2.75, 3.05) is 6.54 Å². The standard InChI is InChI=1S/C17H16N6O2S/c24-15(4-5-16-19-17(22-25-16)12-7-10-26-11-12)18-8-6-14-21-20-13-3-1-2-9-23(13)14/h1-3,7,9-11H,4-6,8H2,(H,18,24). The van der Waals surface area contributed by atoms with Crippen LogP contribution in [0.25, 0.3) is 17.0 Å². The van der Waals surface area contributed by atoms with Gasteiger partial charge in [-0.25, -0.2) is 0 Å². The molecular formula is C17H16N6O2S. The second-order valence-electron chi connectivity index (χ2n) is 5.67. The van der Waals surface area contributed by atoms with E-state index in [1.54, 1.807) is 11.3 Å². The maximum absolute atomic E-state index is 12.0. The number of carbonyl (C=O) groups is 1. The fourth-order valence-electron chi connectivity index (χ4n) is 2.55. The number of pyridine rings is 1. The molecule has 0 radical (unpaired) electrons. The summed E-state index contributed by atoms with van der Waals surface area (Å²) in [6.45, 7) is 0.499. The summed E-state index contributed by atoms with van der Waals surface area (Å²) in [6, 6.07) is 7.66. The molecule has 0 bridgehead atoms. The molecule has 0 aliphatic heterocycles. The van der Waals surface area contributed by atoms with Gasteiger partial charge in [-0.15, -0.1) is 10.2 Å². The first-order valence-electron chi connectivity index (χ1n) is 8.20. The molecule has 0 unspecified atom stereocenters. The third kappa shape index (κ3) is 3.62. The average molecular weight is 368 g/mol. The summed E-state index contributed by atoms with van der Waals surface area (Å²) in [4.78, 5) is 16.3. The maximum atomic E-state index is 12.0. The molecule has 26 heavy (non-hydrogen) atoms. The fourth-order valence-corrected chi connectivity index (χ4v) is 3.18. The van der Waals surface area contributed by atoms with E-state index in [1.807, 2.05) is 45.6 Å². The number of thiophene rings is 1. The summed E-state index contributed by atoms with van der Waals surface area (Å²) in [5, 5.41) is 19.0. The zero-order valence-electron chi connectivity index (χ0n) is 13.8. The first-order valence-corrected chi connectivity index (χ1v) is 9.14. The van der Waals surface area contributed by atoms with E-state index < -0.39 is 0 Å². The Hall–Kier alpha value is -3.07. The summed E-state index contributed by atoms with van der Waals surface area (Å²) in [6.07, 6.45) is 3.23. The highest BCUT2D eigenvalue weighted by atomic mass is 32.1. The normalized spacial score (nSPS) is 11.1.